The molecule has 0 aliphatic rings. The van der Waals surface area contributed by atoms with Crippen LogP contribution in [0.15, 0.2) is 255 Å². The molecule has 6 aromatic heterocycles. The van der Waals surface area contributed by atoms with Crippen molar-refractivity contribution in [3.8, 4) is 45.3 Å². The minimum atomic E-state index is 0. The molecule has 0 unspecified atom stereocenters. The Hall–Kier alpha value is -9.61. The van der Waals surface area contributed by atoms with Gasteiger partial charge in [-0.3, -0.25) is 0 Å². The summed E-state index contributed by atoms with van der Waals surface area (Å²) in [6, 6.07) is 94.0. The Labute approximate surface area is 509 Å². The van der Waals surface area contributed by atoms with E-state index < -0.39 is 0 Å². The molecular weight excluding hydrogens is 1220 g/mol. The maximum Gasteiger partial charge on any atom is 2.00 e. The first-order chi connectivity index (χ1) is 41.0. The topological polar surface area (TPSA) is 45.5 Å². The van der Waals surface area contributed by atoms with Crippen LogP contribution in [-0.4, -0.2) is 28.2 Å². The second-order valence-electron chi connectivity index (χ2n) is 24.1. The van der Waals surface area contributed by atoms with Crippen molar-refractivity contribution in [1.29, 1.82) is 0 Å². The SMILES string of the molecule is CC(C)(C)c1ccnc(-n2c3[c-]cccc3c3cc(-c4cccc5c6ccccc6n(-c6ccccc6)c45)ccc32)c1.CC(C)(C)c1ccnc(-n2c3[c-]cccc3c3cc(-c4cccc5c6ccccc6n(-c6ccccc6)c45)ccc32)c1.[Pt+2]. The third-order valence-electron chi connectivity index (χ3n) is 16.9. The van der Waals surface area contributed by atoms with Gasteiger partial charge in [0.25, 0.3) is 0 Å². The molecule has 0 N–H and O–H groups in total. The van der Waals surface area contributed by atoms with Crippen molar-refractivity contribution in [3.63, 3.8) is 0 Å². The molecule has 0 aliphatic heterocycles. The summed E-state index contributed by atoms with van der Waals surface area (Å²) in [5.74, 6) is 1.84. The van der Waals surface area contributed by atoms with Crippen LogP contribution in [0.1, 0.15) is 52.7 Å². The molecule has 0 spiro atoms. The van der Waals surface area contributed by atoms with E-state index in [2.05, 4.69) is 302 Å². The first-order valence-corrected chi connectivity index (χ1v) is 29.0. The van der Waals surface area contributed by atoms with Crippen molar-refractivity contribution in [3.05, 3.63) is 278 Å². The molecule has 0 saturated heterocycles. The zero-order valence-corrected chi connectivity index (χ0v) is 50.5. The van der Waals surface area contributed by atoms with Crippen LogP contribution in [0, 0.1) is 12.1 Å². The minimum Gasteiger partial charge on any atom is -0.319 e. The first-order valence-electron chi connectivity index (χ1n) is 29.0. The second kappa shape index (κ2) is 20.9. The molecule has 16 rings (SSSR count). The van der Waals surface area contributed by atoms with E-state index in [0.717, 1.165) is 45.1 Å². The molecule has 10 aromatic carbocycles. The number of pyridine rings is 2. The summed E-state index contributed by atoms with van der Waals surface area (Å²) in [5, 5.41) is 9.77. The summed E-state index contributed by atoms with van der Waals surface area (Å²) in [4.78, 5) is 9.65. The zero-order chi connectivity index (χ0) is 56.8. The Morgan fingerprint density at radius 1 is 0.318 bits per heavy atom. The molecule has 0 amide bonds. The largest absolute Gasteiger partial charge is 2.00 e. The van der Waals surface area contributed by atoms with E-state index in [0.29, 0.717) is 0 Å². The smallest absolute Gasteiger partial charge is 0.319 e. The van der Waals surface area contributed by atoms with E-state index in [-0.39, 0.29) is 31.9 Å². The standard InChI is InChI=1S/2C39H30N3.Pt/c2*1-39(2,3)27-22-23-40-37(25-27)42-35-19-10-8-15-31(35)33-24-26(20-21-36(33)42)29-16-11-17-32-30-14-7-9-18-34(30)41(38(29)32)28-12-5-4-6-13-28;/h2*4-18,20-25H,1-3H3;/q2*-1;+2. The molecule has 0 fully saturated rings. The van der Waals surface area contributed by atoms with Crippen LogP contribution in [0.5, 0.6) is 0 Å². The Balaban J connectivity index is 0.000000149. The van der Waals surface area contributed by atoms with Gasteiger partial charge in [0.1, 0.15) is 11.6 Å². The quantitative estimate of drug-likeness (QED) is 0.156. The number of para-hydroxylation sites is 8. The molecule has 16 aromatic rings. The number of rotatable bonds is 6. The summed E-state index contributed by atoms with van der Waals surface area (Å²) >= 11 is 0. The molecule has 412 valence electrons. The van der Waals surface area contributed by atoms with E-state index in [1.165, 1.54) is 98.5 Å². The van der Waals surface area contributed by atoms with Crippen molar-refractivity contribution in [2.75, 3.05) is 0 Å². The molecule has 6 heterocycles. The number of fused-ring (bicyclic) bond motifs is 12. The summed E-state index contributed by atoms with van der Waals surface area (Å²) in [7, 11) is 0. The van der Waals surface area contributed by atoms with Crippen LogP contribution in [0.4, 0.5) is 0 Å². The zero-order valence-electron chi connectivity index (χ0n) is 48.2. The van der Waals surface area contributed by atoms with Crippen LogP contribution < -0.4 is 0 Å². The summed E-state index contributed by atoms with van der Waals surface area (Å²) in [6.45, 7) is 13.5. The molecule has 6 nitrogen and oxygen atoms in total. The van der Waals surface area contributed by atoms with E-state index in [1.54, 1.807) is 0 Å². The first kappa shape index (κ1) is 53.4. The van der Waals surface area contributed by atoms with E-state index in [1.807, 2.05) is 24.5 Å². The van der Waals surface area contributed by atoms with Gasteiger partial charge < -0.3 is 18.3 Å². The van der Waals surface area contributed by atoms with Gasteiger partial charge in [-0.05, 0) is 117 Å². The second-order valence-corrected chi connectivity index (χ2v) is 24.1. The molecule has 0 saturated carbocycles. The van der Waals surface area contributed by atoms with Gasteiger partial charge in [-0.25, -0.2) is 9.97 Å². The fourth-order valence-electron chi connectivity index (χ4n) is 12.8. The van der Waals surface area contributed by atoms with Gasteiger partial charge in [0.05, 0.1) is 22.1 Å². The summed E-state index contributed by atoms with van der Waals surface area (Å²) in [5.41, 5.74) is 18.9. The maximum absolute atomic E-state index is 4.83. The van der Waals surface area contributed by atoms with Gasteiger partial charge in [-0.1, -0.05) is 186 Å². The van der Waals surface area contributed by atoms with Crippen molar-refractivity contribution < 1.29 is 21.1 Å². The average molecular weight is 1280 g/mol. The molecule has 0 bridgehead atoms. The number of aromatic nitrogens is 6. The molecule has 0 radical (unpaired) electrons. The van der Waals surface area contributed by atoms with Crippen LogP contribution in [0.25, 0.3) is 132 Å². The van der Waals surface area contributed by atoms with Gasteiger partial charge in [0.15, 0.2) is 0 Å². The number of nitrogens with zero attached hydrogens (tertiary/aromatic N) is 6. The summed E-state index contributed by atoms with van der Waals surface area (Å²) < 4.78 is 9.32. The van der Waals surface area contributed by atoms with Gasteiger partial charge in [-0.15, -0.1) is 10.8 Å². The van der Waals surface area contributed by atoms with Crippen molar-refractivity contribution in [2.24, 2.45) is 0 Å². The number of benzene rings is 10. The molecule has 85 heavy (non-hydrogen) atoms. The van der Waals surface area contributed by atoms with Crippen LogP contribution >= 0.6 is 0 Å². The Morgan fingerprint density at radius 2 is 0.694 bits per heavy atom. The minimum absolute atomic E-state index is 0. The van der Waals surface area contributed by atoms with Gasteiger partial charge in [-0.2, -0.15) is 48.5 Å². The third-order valence-corrected chi connectivity index (χ3v) is 16.9. The predicted molar refractivity (Wildman–Crippen MR) is 352 cm³/mol. The molecule has 7 heteroatoms. The van der Waals surface area contributed by atoms with Gasteiger partial charge in [0.2, 0.25) is 0 Å². The van der Waals surface area contributed by atoms with Crippen molar-refractivity contribution in [1.82, 2.24) is 28.2 Å². The van der Waals surface area contributed by atoms with Crippen molar-refractivity contribution >= 4 is 87.2 Å². The van der Waals surface area contributed by atoms with Gasteiger partial charge >= 0.3 is 21.1 Å². The number of hydrogen-bond donors (Lipinski definition) is 0. The normalized spacial score (nSPS) is 12.0. The third kappa shape index (κ3) is 8.98. The Morgan fingerprint density at radius 3 is 1.12 bits per heavy atom. The summed E-state index contributed by atoms with van der Waals surface area (Å²) in [6.07, 6.45) is 3.85. The van der Waals surface area contributed by atoms with Crippen molar-refractivity contribution in [2.45, 2.75) is 52.4 Å². The fourth-order valence-corrected chi connectivity index (χ4v) is 12.8. The maximum atomic E-state index is 4.83. The van der Waals surface area contributed by atoms with E-state index in [9.17, 15) is 0 Å². The monoisotopic (exact) mass is 1280 g/mol. The van der Waals surface area contributed by atoms with Crippen LogP contribution in [0.3, 0.4) is 0 Å². The molecular formula is C78H60N6Pt. The predicted octanol–water partition coefficient (Wildman–Crippen LogP) is 20.1. The van der Waals surface area contributed by atoms with Crippen LogP contribution in [-0.2, 0) is 31.9 Å². The Kier molecular flexibility index (Phi) is 13.1. The molecule has 0 atom stereocenters. The van der Waals surface area contributed by atoms with Gasteiger partial charge in [0, 0.05) is 67.5 Å². The average Bonchev–Trinajstić information content (AvgIpc) is 2.47. The Bertz CT molecular complexity index is 4890. The molecule has 0 aliphatic carbocycles. The van der Waals surface area contributed by atoms with E-state index >= 15 is 0 Å². The van der Waals surface area contributed by atoms with E-state index in [4.69, 9.17) is 9.97 Å². The van der Waals surface area contributed by atoms with Crippen LogP contribution in [0.2, 0.25) is 0 Å². The fraction of sp³-hybridized carbons (Fsp3) is 0.103. The number of hydrogen-bond acceptors (Lipinski definition) is 2.